The third-order valence-corrected chi connectivity index (χ3v) is 2.13. The van der Waals surface area contributed by atoms with Crippen molar-refractivity contribution in [3.05, 3.63) is 35.9 Å². The Bertz CT molecular complexity index is 494. The van der Waals surface area contributed by atoms with Crippen molar-refractivity contribution in [3.8, 4) is 11.5 Å². The number of aliphatic hydroxyl groups is 1. The fraction of sp³-hybridized carbons (Fsp3) is 0.231. The fourth-order valence-electron chi connectivity index (χ4n) is 1.17. The molecule has 0 aromatic heterocycles. The van der Waals surface area contributed by atoms with E-state index in [4.69, 9.17) is 14.6 Å². The van der Waals surface area contributed by atoms with Gasteiger partial charge in [-0.25, -0.2) is 4.79 Å². The van der Waals surface area contributed by atoms with Gasteiger partial charge in [-0.2, -0.15) is 0 Å². The lowest BCUT2D eigenvalue weighted by Gasteiger charge is -2.17. The molecule has 1 unspecified atom stereocenters. The largest absolute Gasteiger partial charge is 0.507 e. The lowest BCUT2D eigenvalue weighted by Crippen LogP contribution is -2.28. The number of phenols is 1. The predicted octanol–water partition coefficient (Wildman–Crippen LogP) is 1.02. The van der Waals surface area contributed by atoms with Gasteiger partial charge >= 0.3 is 5.97 Å². The Labute approximate surface area is 109 Å². The Morgan fingerprint density at radius 3 is 2.68 bits per heavy atom. The minimum Gasteiger partial charge on any atom is -0.507 e. The maximum absolute atomic E-state index is 11.3. The second-order valence-electron chi connectivity index (χ2n) is 3.75. The van der Waals surface area contributed by atoms with Gasteiger partial charge in [-0.15, -0.1) is 0 Å². The van der Waals surface area contributed by atoms with Gasteiger partial charge in [0.2, 0.25) is 0 Å². The molecule has 6 nitrogen and oxygen atoms in total. The lowest BCUT2D eigenvalue weighted by molar-refractivity contribution is -0.163. The van der Waals surface area contributed by atoms with Gasteiger partial charge in [0.15, 0.2) is 6.29 Å². The zero-order chi connectivity index (χ0) is 14.4. The van der Waals surface area contributed by atoms with E-state index in [1.54, 1.807) is 0 Å². The van der Waals surface area contributed by atoms with E-state index in [0.29, 0.717) is 6.29 Å². The van der Waals surface area contributed by atoms with E-state index in [0.717, 1.165) is 0 Å². The molecule has 19 heavy (non-hydrogen) atoms. The zero-order valence-electron chi connectivity index (χ0n) is 10.3. The van der Waals surface area contributed by atoms with E-state index in [1.165, 1.54) is 25.1 Å². The van der Waals surface area contributed by atoms with Crippen molar-refractivity contribution in [3.63, 3.8) is 0 Å². The van der Waals surface area contributed by atoms with Gasteiger partial charge in [-0.05, 0) is 19.1 Å². The number of benzene rings is 1. The number of hydrogen-bond acceptors (Lipinski definition) is 6. The molecule has 6 heteroatoms. The fourth-order valence-corrected chi connectivity index (χ4v) is 1.17. The first-order valence-corrected chi connectivity index (χ1v) is 5.40. The quantitative estimate of drug-likeness (QED) is 0.345. The average molecular weight is 266 g/mol. The second-order valence-corrected chi connectivity index (χ2v) is 3.75. The van der Waals surface area contributed by atoms with E-state index in [-0.39, 0.29) is 22.6 Å². The molecule has 0 heterocycles. The molecule has 0 aliphatic rings. The predicted molar refractivity (Wildman–Crippen MR) is 65.9 cm³/mol. The molecule has 0 saturated carbocycles. The second kappa shape index (κ2) is 6.55. The third kappa shape index (κ3) is 4.11. The van der Waals surface area contributed by atoms with Crippen molar-refractivity contribution < 1.29 is 29.3 Å². The summed E-state index contributed by atoms with van der Waals surface area (Å²) < 4.78 is 9.95. The summed E-state index contributed by atoms with van der Waals surface area (Å²) in [6.45, 7) is 4.30. The minimum absolute atomic E-state index is 0.104. The minimum atomic E-state index is -1.22. The number of carbonyl (C=O) groups excluding carboxylic acids is 2. The molecule has 0 aliphatic heterocycles. The topological polar surface area (TPSA) is 93.1 Å². The number of carbonyl (C=O) groups is 2. The molecule has 102 valence electrons. The van der Waals surface area contributed by atoms with Crippen LogP contribution in [0.25, 0.3) is 0 Å². The van der Waals surface area contributed by atoms with E-state index < -0.39 is 18.9 Å². The average Bonchev–Trinajstić information content (AvgIpc) is 2.37. The van der Waals surface area contributed by atoms with Crippen molar-refractivity contribution in [1.29, 1.82) is 0 Å². The number of aromatic hydroxyl groups is 1. The molecule has 1 atom stereocenters. The van der Waals surface area contributed by atoms with Crippen molar-refractivity contribution in [2.75, 3.05) is 6.61 Å². The van der Waals surface area contributed by atoms with Crippen LogP contribution < -0.4 is 4.74 Å². The molecule has 0 fully saturated rings. The Hall–Kier alpha value is -2.34. The molecule has 2 N–H and O–H groups in total. The van der Waals surface area contributed by atoms with Crippen LogP contribution in [0.5, 0.6) is 11.5 Å². The van der Waals surface area contributed by atoms with Crippen LogP contribution in [-0.4, -0.2) is 35.4 Å². The molecule has 0 bridgehead atoms. The molecule has 1 aromatic rings. The summed E-state index contributed by atoms with van der Waals surface area (Å²) in [5.74, 6) is -0.820. The van der Waals surface area contributed by atoms with Crippen LogP contribution in [0.3, 0.4) is 0 Å². The molecular formula is C13H14O6. The summed E-state index contributed by atoms with van der Waals surface area (Å²) in [6.07, 6.45) is -0.727. The number of esters is 1. The molecule has 0 aliphatic carbocycles. The normalized spacial score (nSPS) is 11.5. The molecule has 1 aromatic carbocycles. The van der Waals surface area contributed by atoms with Gasteiger partial charge in [-0.3, -0.25) is 4.79 Å². The maximum atomic E-state index is 11.3. The summed E-state index contributed by atoms with van der Waals surface area (Å²) in [5, 5.41) is 18.5. The Morgan fingerprint density at radius 1 is 1.53 bits per heavy atom. The van der Waals surface area contributed by atoms with Gasteiger partial charge in [-0.1, -0.05) is 6.58 Å². The van der Waals surface area contributed by atoms with Gasteiger partial charge in [0.25, 0.3) is 6.29 Å². The highest BCUT2D eigenvalue weighted by Crippen LogP contribution is 2.23. The van der Waals surface area contributed by atoms with Crippen LogP contribution in [0.15, 0.2) is 30.4 Å². The highest BCUT2D eigenvalue weighted by atomic mass is 16.7. The van der Waals surface area contributed by atoms with Crippen LogP contribution in [0.1, 0.15) is 17.3 Å². The molecule has 0 radical (unpaired) electrons. The van der Waals surface area contributed by atoms with Gasteiger partial charge in [0, 0.05) is 11.6 Å². The summed E-state index contributed by atoms with van der Waals surface area (Å²) in [6, 6.07) is 3.92. The number of ether oxygens (including phenoxy) is 2. The number of phenolic OH excluding ortho intramolecular Hbond substituents is 1. The maximum Gasteiger partial charge on any atom is 0.336 e. The molecule has 0 saturated heterocycles. The van der Waals surface area contributed by atoms with Gasteiger partial charge in [0.1, 0.15) is 18.1 Å². The van der Waals surface area contributed by atoms with Gasteiger partial charge < -0.3 is 19.7 Å². The summed E-state index contributed by atoms with van der Waals surface area (Å²) in [7, 11) is 0. The number of rotatable bonds is 6. The van der Waals surface area contributed by atoms with Crippen LogP contribution in [0.4, 0.5) is 0 Å². The zero-order valence-corrected chi connectivity index (χ0v) is 10.3. The molecule has 0 amide bonds. The van der Waals surface area contributed by atoms with E-state index in [9.17, 15) is 14.7 Å². The Balaban J connectivity index is 2.75. The third-order valence-electron chi connectivity index (χ3n) is 2.13. The lowest BCUT2D eigenvalue weighted by atomic mass is 10.2. The number of aliphatic hydroxyl groups excluding tert-OH is 1. The first kappa shape index (κ1) is 14.7. The molecular weight excluding hydrogens is 252 g/mol. The van der Waals surface area contributed by atoms with Crippen molar-refractivity contribution in [1.82, 2.24) is 0 Å². The summed E-state index contributed by atoms with van der Waals surface area (Å²) in [4.78, 5) is 21.8. The van der Waals surface area contributed by atoms with Crippen molar-refractivity contribution in [2.45, 2.75) is 13.2 Å². The number of aldehydes is 1. The van der Waals surface area contributed by atoms with Crippen LogP contribution in [0.2, 0.25) is 0 Å². The van der Waals surface area contributed by atoms with Gasteiger partial charge in [0.05, 0.1) is 5.56 Å². The van der Waals surface area contributed by atoms with Crippen molar-refractivity contribution >= 4 is 12.3 Å². The summed E-state index contributed by atoms with van der Waals surface area (Å²) in [5.41, 5.74) is 0.271. The van der Waals surface area contributed by atoms with E-state index in [1.807, 2.05) is 0 Å². The first-order chi connectivity index (χ1) is 8.97. The highest BCUT2D eigenvalue weighted by molar-refractivity contribution is 5.87. The number of hydrogen-bond donors (Lipinski definition) is 2. The van der Waals surface area contributed by atoms with Crippen LogP contribution in [0, 0.1) is 0 Å². The first-order valence-electron chi connectivity index (χ1n) is 5.40. The standard InChI is InChI=1S/C13H14O6/c1-8(2)13(17)19-12(7-15)18-10-4-3-9(6-14)11(16)5-10/h3-6,12,15-16H,1,7H2,2H3. The SMILES string of the molecule is C=C(C)C(=O)OC(CO)Oc1ccc(C=O)c(O)c1. The molecule has 0 spiro atoms. The van der Waals surface area contributed by atoms with Crippen molar-refractivity contribution in [2.24, 2.45) is 0 Å². The highest BCUT2D eigenvalue weighted by Gasteiger charge is 2.16. The van der Waals surface area contributed by atoms with Crippen LogP contribution >= 0.6 is 0 Å². The summed E-state index contributed by atoms with van der Waals surface area (Å²) >= 11 is 0. The smallest absolute Gasteiger partial charge is 0.336 e. The van der Waals surface area contributed by atoms with E-state index >= 15 is 0 Å². The molecule has 1 rings (SSSR count). The monoisotopic (exact) mass is 266 g/mol. The Morgan fingerprint density at radius 2 is 2.21 bits per heavy atom. The Kier molecular flexibility index (Phi) is 5.08. The van der Waals surface area contributed by atoms with E-state index in [2.05, 4.69) is 6.58 Å². The van der Waals surface area contributed by atoms with Crippen LogP contribution in [-0.2, 0) is 9.53 Å².